The maximum Gasteiger partial charge on any atom is 0.252 e. The van der Waals surface area contributed by atoms with Crippen LogP contribution in [0.15, 0.2) is 18.3 Å². The highest BCUT2D eigenvalue weighted by molar-refractivity contribution is 5.94. The third kappa shape index (κ3) is 5.69. The van der Waals surface area contributed by atoms with E-state index in [0.29, 0.717) is 31.1 Å². The number of nitrogens with zero attached hydrogens (tertiary/aromatic N) is 1. The van der Waals surface area contributed by atoms with Crippen molar-refractivity contribution in [3.8, 4) is 5.88 Å². The van der Waals surface area contributed by atoms with E-state index >= 15 is 0 Å². The largest absolute Gasteiger partial charge is 0.478 e. The predicted octanol–water partition coefficient (Wildman–Crippen LogP) is 1.13. The first-order valence-electron chi connectivity index (χ1n) is 6.81. The van der Waals surface area contributed by atoms with E-state index < -0.39 is 0 Å². The van der Waals surface area contributed by atoms with Gasteiger partial charge in [-0.1, -0.05) is 6.92 Å². The lowest BCUT2D eigenvalue weighted by Crippen LogP contribution is -2.31. The molecule has 0 bridgehead atoms. The molecule has 0 radical (unpaired) electrons. The van der Waals surface area contributed by atoms with E-state index in [1.165, 1.54) is 6.20 Å². The lowest BCUT2D eigenvalue weighted by molar-refractivity contribution is -0.120. The third-order valence-corrected chi connectivity index (χ3v) is 2.50. The van der Waals surface area contributed by atoms with Crippen LogP contribution in [0.4, 0.5) is 0 Å². The number of carbonyl (C=O) groups is 2. The molecule has 0 aliphatic rings. The minimum absolute atomic E-state index is 0.0584. The predicted molar refractivity (Wildman–Crippen MR) is 75.7 cm³/mol. The van der Waals surface area contributed by atoms with Crippen LogP contribution >= 0.6 is 0 Å². The van der Waals surface area contributed by atoms with E-state index in [4.69, 9.17) is 4.74 Å². The number of rotatable bonds is 8. The molecule has 0 saturated carbocycles. The number of hydrogen-bond donors (Lipinski definition) is 2. The van der Waals surface area contributed by atoms with Crippen molar-refractivity contribution in [1.29, 1.82) is 0 Å². The zero-order chi connectivity index (χ0) is 14.8. The van der Waals surface area contributed by atoms with Crippen LogP contribution in [-0.4, -0.2) is 36.5 Å². The summed E-state index contributed by atoms with van der Waals surface area (Å²) >= 11 is 0. The van der Waals surface area contributed by atoms with E-state index in [1.807, 2.05) is 13.8 Å². The summed E-state index contributed by atoms with van der Waals surface area (Å²) in [6.07, 6.45) is 2.63. The van der Waals surface area contributed by atoms with Crippen molar-refractivity contribution in [2.45, 2.75) is 26.7 Å². The van der Waals surface area contributed by atoms with E-state index in [9.17, 15) is 9.59 Å². The molecule has 1 heterocycles. The van der Waals surface area contributed by atoms with E-state index in [1.54, 1.807) is 12.1 Å². The van der Waals surface area contributed by atoms with Gasteiger partial charge in [-0.05, 0) is 19.4 Å². The lowest BCUT2D eigenvalue weighted by Gasteiger charge is -2.06. The molecular formula is C14H21N3O3. The van der Waals surface area contributed by atoms with Crippen molar-refractivity contribution in [2.24, 2.45) is 0 Å². The Labute approximate surface area is 118 Å². The third-order valence-electron chi connectivity index (χ3n) is 2.50. The number of aromatic nitrogens is 1. The molecular weight excluding hydrogens is 258 g/mol. The highest BCUT2D eigenvalue weighted by Crippen LogP contribution is 2.07. The molecule has 0 spiro atoms. The van der Waals surface area contributed by atoms with E-state index in [-0.39, 0.29) is 18.2 Å². The Morgan fingerprint density at radius 3 is 2.60 bits per heavy atom. The van der Waals surface area contributed by atoms with Crippen LogP contribution in [0.25, 0.3) is 0 Å². The van der Waals surface area contributed by atoms with Crippen LogP contribution in [0.2, 0.25) is 0 Å². The van der Waals surface area contributed by atoms with Gasteiger partial charge in [0.1, 0.15) is 0 Å². The van der Waals surface area contributed by atoms with Crippen LogP contribution in [0.1, 0.15) is 37.0 Å². The average Bonchev–Trinajstić information content (AvgIpc) is 2.46. The first kappa shape index (κ1) is 15.9. The molecule has 0 aromatic carbocycles. The summed E-state index contributed by atoms with van der Waals surface area (Å²) in [5, 5.41) is 5.43. The van der Waals surface area contributed by atoms with Crippen molar-refractivity contribution in [3.63, 3.8) is 0 Å². The summed E-state index contributed by atoms with van der Waals surface area (Å²) in [6, 6.07) is 3.29. The van der Waals surface area contributed by atoms with Crippen molar-refractivity contribution in [1.82, 2.24) is 15.6 Å². The highest BCUT2D eigenvalue weighted by atomic mass is 16.5. The lowest BCUT2D eigenvalue weighted by atomic mass is 10.2. The van der Waals surface area contributed by atoms with Gasteiger partial charge >= 0.3 is 0 Å². The molecule has 0 atom stereocenters. The fraction of sp³-hybridized carbons (Fsp3) is 0.500. The monoisotopic (exact) mass is 279 g/mol. The van der Waals surface area contributed by atoms with E-state index in [0.717, 1.165) is 6.42 Å². The average molecular weight is 279 g/mol. The molecule has 20 heavy (non-hydrogen) atoms. The Kier molecular flexibility index (Phi) is 7.10. The number of nitrogens with one attached hydrogen (secondary N) is 2. The maximum atomic E-state index is 11.8. The Balaban J connectivity index is 2.33. The van der Waals surface area contributed by atoms with Gasteiger partial charge in [0.2, 0.25) is 11.8 Å². The molecule has 110 valence electrons. The fourth-order valence-electron chi connectivity index (χ4n) is 1.49. The summed E-state index contributed by atoms with van der Waals surface area (Å²) in [6.45, 7) is 5.36. The van der Waals surface area contributed by atoms with Gasteiger partial charge in [0.05, 0.1) is 12.2 Å². The van der Waals surface area contributed by atoms with Crippen LogP contribution in [0, 0.1) is 0 Å². The second kappa shape index (κ2) is 8.90. The number of carbonyl (C=O) groups excluding carboxylic acids is 2. The van der Waals surface area contributed by atoms with Gasteiger partial charge in [-0.3, -0.25) is 9.59 Å². The smallest absolute Gasteiger partial charge is 0.252 e. The second-order valence-electron chi connectivity index (χ2n) is 4.17. The first-order chi connectivity index (χ1) is 9.67. The van der Waals surface area contributed by atoms with Crippen LogP contribution < -0.4 is 15.4 Å². The topological polar surface area (TPSA) is 80.3 Å². The number of hydrogen-bond acceptors (Lipinski definition) is 4. The van der Waals surface area contributed by atoms with Crippen LogP contribution in [0.5, 0.6) is 5.88 Å². The van der Waals surface area contributed by atoms with Crippen molar-refractivity contribution >= 4 is 11.8 Å². The van der Waals surface area contributed by atoms with Gasteiger partial charge in [-0.2, -0.15) is 0 Å². The van der Waals surface area contributed by atoms with Crippen molar-refractivity contribution in [3.05, 3.63) is 23.9 Å². The molecule has 0 unspecified atom stereocenters. The maximum absolute atomic E-state index is 11.8. The highest BCUT2D eigenvalue weighted by Gasteiger charge is 2.07. The van der Waals surface area contributed by atoms with Crippen molar-refractivity contribution < 1.29 is 14.3 Å². The molecule has 6 heteroatoms. The normalized spacial score (nSPS) is 9.90. The zero-order valence-electron chi connectivity index (χ0n) is 11.9. The molecule has 2 N–H and O–H groups in total. The Hall–Kier alpha value is -2.11. The van der Waals surface area contributed by atoms with Crippen LogP contribution in [0.3, 0.4) is 0 Å². The van der Waals surface area contributed by atoms with Gasteiger partial charge in [0.25, 0.3) is 5.91 Å². The SMILES string of the molecule is CCCNC(=O)CCNC(=O)c1ccc(OCC)nc1. The van der Waals surface area contributed by atoms with Crippen LogP contribution in [-0.2, 0) is 4.79 Å². The molecule has 1 aromatic rings. The van der Waals surface area contributed by atoms with E-state index in [2.05, 4.69) is 15.6 Å². The number of pyridine rings is 1. The molecule has 0 aliphatic heterocycles. The Bertz CT molecular complexity index is 432. The Morgan fingerprint density at radius 1 is 1.20 bits per heavy atom. The molecule has 2 amide bonds. The minimum atomic E-state index is -0.246. The molecule has 0 aliphatic carbocycles. The molecule has 6 nitrogen and oxygen atoms in total. The Morgan fingerprint density at radius 2 is 2.00 bits per heavy atom. The second-order valence-corrected chi connectivity index (χ2v) is 4.17. The summed E-state index contributed by atoms with van der Waals surface area (Å²) in [5.74, 6) is 0.184. The summed E-state index contributed by atoms with van der Waals surface area (Å²) in [7, 11) is 0. The van der Waals surface area contributed by atoms with Crippen molar-refractivity contribution in [2.75, 3.05) is 19.7 Å². The minimum Gasteiger partial charge on any atom is -0.478 e. The van der Waals surface area contributed by atoms with Gasteiger partial charge in [-0.25, -0.2) is 4.98 Å². The number of ether oxygens (including phenoxy) is 1. The first-order valence-corrected chi connectivity index (χ1v) is 6.81. The van der Waals surface area contributed by atoms with Gasteiger partial charge in [0, 0.05) is 31.8 Å². The zero-order valence-corrected chi connectivity index (χ0v) is 11.9. The molecule has 1 aromatic heterocycles. The molecule has 1 rings (SSSR count). The fourth-order valence-corrected chi connectivity index (χ4v) is 1.49. The number of amides is 2. The molecule has 0 fully saturated rings. The van der Waals surface area contributed by atoms with Gasteiger partial charge in [0.15, 0.2) is 0 Å². The summed E-state index contributed by atoms with van der Waals surface area (Å²) in [5.41, 5.74) is 0.447. The quantitative estimate of drug-likeness (QED) is 0.747. The standard InChI is InChI=1S/C14H21N3O3/c1-3-8-15-12(18)7-9-16-14(19)11-5-6-13(17-10-11)20-4-2/h5-6,10H,3-4,7-9H2,1-2H3,(H,15,18)(H,16,19). The summed E-state index contributed by atoms with van der Waals surface area (Å²) in [4.78, 5) is 27.1. The van der Waals surface area contributed by atoms with Gasteiger partial charge in [-0.15, -0.1) is 0 Å². The van der Waals surface area contributed by atoms with Gasteiger partial charge < -0.3 is 15.4 Å². The summed E-state index contributed by atoms with van der Waals surface area (Å²) < 4.78 is 5.19. The molecule has 0 saturated heterocycles.